The van der Waals surface area contributed by atoms with Crippen LogP contribution in [-0.2, 0) is 4.79 Å². The predicted molar refractivity (Wildman–Crippen MR) is 84.8 cm³/mol. The molecule has 0 bridgehead atoms. The van der Waals surface area contributed by atoms with E-state index in [1.165, 1.54) is 0 Å². The average Bonchev–Trinajstić information content (AvgIpc) is 2.49. The van der Waals surface area contributed by atoms with Crippen LogP contribution in [0.15, 0.2) is 65.6 Å². The zero-order valence-electron chi connectivity index (χ0n) is 11.7. The number of rotatable bonds is 5. The predicted octanol–water partition coefficient (Wildman–Crippen LogP) is 4.04. The number of carbonyl (C=O) groups is 1. The Morgan fingerprint density at radius 1 is 0.950 bits per heavy atom. The lowest BCUT2D eigenvalue weighted by atomic mass is 10.1. The molecule has 0 aliphatic rings. The molecule has 2 aromatic rings. The summed E-state index contributed by atoms with van der Waals surface area (Å²) in [6, 6.07) is 20.0. The van der Waals surface area contributed by atoms with E-state index in [1.807, 2.05) is 74.5 Å². The first kappa shape index (κ1) is 14.7. The molecule has 20 heavy (non-hydrogen) atoms. The smallest absolute Gasteiger partial charge is 0.233 e. The number of carbonyl (C=O) groups excluding carboxylic acids is 1. The van der Waals surface area contributed by atoms with Gasteiger partial charge in [0.2, 0.25) is 5.91 Å². The van der Waals surface area contributed by atoms with Gasteiger partial charge in [0.25, 0.3) is 0 Å². The van der Waals surface area contributed by atoms with Crippen molar-refractivity contribution in [2.75, 3.05) is 0 Å². The van der Waals surface area contributed by atoms with Crippen molar-refractivity contribution in [1.82, 2.24) is 5.32 Å². The molecule has 2 rings (SSSR count). The molecule has 0 saturated heterocycles. The van der Waals surface area contributed by atoms with Gasteiger partial charge in [-0.3, -0.25) is 4.79 Å². The first-order valence-corrected chi connectivity index (χ1v) is 7.62. The van der Waals surface area contributed by atoms with Crippen molar-refractivity contribution in [3.8, 4) is 0 Å². The Morgan fingerprint density at radius 3 is 2.10 bits per heavy atom. The van der Waals surface area contributed by atoms with E-state index in [1.54, 1.807) is 11.8 Å². The number of hydrogen-bond acceptors (Lipinski definition) is 2. The van der Waals surface area contributed by atoms with Crippen LogP contribution in [0, 0.1) is 0 Å². The minimum Gasteiger partial charge on any atom is -0.349 e. The SMILES string of the molecule is C[C@@H](Sc1ccccc1)C(=O)N[C@H](C)c1ccccc1. The lowest BCUT2D eigenvalue weighted by Gasteiger charge is -2.17. The van der Waals surface area contributed by atoms with E-state index in [-0.39, 0.29) is 17.2 Å². The number of benzene rings is 2. The third-order valence-electron chi connectivity index (χ3n) is 3.08. The van der Waals surface area contributed by atoms with Crippen LogP contribution in [0.25, 0.3) is 0 Å². The summed E-state index contributed by atoms with van der Waals surface area (Å²) in [7, 11) is 0. The average molecular weight is 285 g/mol. The molecule has 0 heterocycles. The molecule has 1 amide bonds. The molecule has 2 atom stereocenters. The number of thioether (sulfide) groups is 1. The van der Waals surface area contributed by atoms with Crippen molar-refractivity contribution >= 4 is 17.7 Å². The highest BCUT2D eigenvalue weighted by molar-refractivity contribution is 8.00. The van der Waals surface area contributed by atoms with Crippen LogP contribution >= 0.6 is 11.8 Å². The maximum Gasteiger partial charge on any atom is 0.233 e. The highest BCUT2D eigenvalue weighted by Crippen LogP contribution is 2.23. The molecular formula is C17H19NOS. The maximum absolute atomic E-state index is 12.2. The Kier molecular flexibility index (Phi) is 5.24. The zero-order chi connectivity index (χ0) is 14.4. The molecule has 0 saturated carbocycles. The molecule has 0 fully saturated rings. The fourth-order valence-corrected chi connectivity index (χ4v) is 2.81. The summed E-state index contributed by atoms with van der Waals surface area (Å²) in [6.45, 7) is 3.94. The van der Waals surface area contributed by atoms with Crippen LogP contribution in [0.5, 0.6) is 0 Å². The Balaban J connectivity index is 1.91. The Labute approximate surface area is 124 Å². The third-order valence-corrected chi connectivity index (χ3v) is 4.20. The van der Waals surface area contributed by atoms with Crippen molar-refractivity contribution in [3.63, 3.8) is 0 Å². The van der Waals surface area contributed by atoms with Gasteiger partial charge in [-0.1, -0.05) is 48.5 Å². The number of nitrogens with one attached hydrogen (secondary N) is 1. The van der Waals surface area contributed by atoms with E-state index < -0.39 is 0 Å². The minimum absolute atomic E-state index is 0.0301. The molecule has 0 spiro atoms. The molecule has 2 aromatic carbocycles. The number of hydrogen-bond donors (Lipinski definition) is 1. The largest absolute Gasteiger partial charge is 0.349 e. The molecule has 3 heteroatoms. The van der Waals surface area contributed by atoms with Gasteiger partial charge in [-0.05, 0) is 31.5 Å². The summed E-state index contributed by atoms with van der Waals surface area (Å²) in [5, 5.41) is 2.95. The molecule has 0 aromatic heterocycles. The molecule has 0 aliphatic heterocycles. The van der Waals surface area contributed by atoms with Gasteiger partial charge < -0.3 is 5.32 Å². The van der Waals surface area contributed by atoms with E-state index in [0.29, 0.717) is 0 Å². The highest BCUT2D eigenvalue weighted by Gasteiger charge is 2.16. The lowest BCUT2D eigenvalue weighted by Crippen LogP contribution is -2.33. The van der Waals surface area contributed by atoms with E-state index in [0.717, 1.165) is 10.5 Å². The quantitative estimate of drug-likeness (QED) is 0.840. The van der Waals surface area contributed by atoms with Crippen LogP contribution in [0.2, 0.25) is 0 Å². The third kappa shape index (κ3) is 4.14. The second-order valence-corrected chi connectivity index (χ2v) is 6.13. The van der Waals surface area contributed by atoms with Gasteiger partial charge in [0.15, 0.2) is 0 Å². The van der Waals surface area contributed by atoms with E-state index in [9.17, 15) is 4.79 Å². The highest BCUT2D eigenvalue weighted by atomic mass is 32.2. The van der Waals surface area contributed by atoms with Crippen LogP contribution in [0.1, 0.15) is 25.5 Å². The van der Waals surface area contributed by atoms with Gasteiger partial charge in [0.05, 0.1) is 11.3 Å². The van der Waals surface area contributed by atoms with Crippen LogP contribution in [-0.4, -0.2) is 11.2 Å². The summed E-state index contributed by atoms with van der Waals surface area (Å²) in [4.78, 5) is 13.3. The molecule has 1 N–H and O–H groups in total. The van der Waals surface area contributed by atoms with Gasteiger partial charge in [-0.25, -0.2) is 0 Å². The van der Waals surface area contributed by atoms with Gasteiger partial charge in [-0.2, -0.15) is 0 Å². The van der Waals surface area contributed by atoms with Crippen molar-refractivity contribution in [2.45, 2.75) is 30.0 Å². The fraction of sp³-hybridized carbons (Fsp3) is 0.235. The maximum atomic E-state index is 12.2. The summed E-state index contributed by atoms with van der Waals surface area (Å²) in [5.41, 5.74) is 1.12. The fourth-order valence-electron chi connectivity index (χ4n) is 1.91. The van der Waals surface area contributed by atoms with Crippen LogP contribution in [0.4, 0.5) is 0 Å². The molecule has 0 unspecified atom stereocenters. The van der Waals surface area contributed by atoms with Crippen LogP contribution in [0.3, 0.4) is 0 Å². The van der Waals surface area contributed by atoms with Crippen molar-refractivity contribution in [2.24, 2.45) is 0 Å². The van der Waals surface area contributed by atoms with E-state index >= 15 is 0 Å². The van der Waals surface area contributed by atoms with Crippen molar-refractivity contribution in [3.05, 3.63) is 66.2 Å². The molecule has 104 valence electrons. The van der Waals surface area contributed by atoms with E-state index in [4.69, 9.17) is 0 Å². The zero-order valence-corrected chi connectivity index (χ0v) is 12.6. The second kappa shape index (κ2) is 7.15. The van der Waals surface area contributed by atoms with Crippen molar-refractivity contribution in [1.29, 1.82) is 0 Å². The Bertz CT molecular complexity index is 541. The first-order valence-electron chi connectivity index (χ1n) is 6.74. The summed E-state index contributed by atoms with van der Waals surface area (Å²) in [5.74, 6) is 0.0650. The Morgan fingerprint density at radius 2 is 1.50 bits per heavy atom. The van der Waals surface area contributed by atoms with Gasteiger partial charge >= 0.3 is 0 Å². The standard InChI is InChI=1S/C17H19NOS/c1-13(15-9-5-3-6-10-15)18-17(19)14(2)20-16-11-7-4-8-12-16/h3-14H,1-2H3,(H,18,19)/t13-,14-/m1/s1. The monoisotopic (exact) mass is 285 g/mol. The summed E-state index contributed by atoms with van der Waals surface area (Å²) >= 11 is 1.58. The molecule has 0 radical (unpaired) electrons. The topological polar surface area (TPSA) is 29.1 Å². The van der Waals surface area contributed by atoms with Gasteiger partial charge in [0, 0.05) is 4.90 Å². The Hall–Kier alpha value is -1.74. The normalized spacial score (nSPS) is 13.5. The first-order chi connectivity index (χ1) is 9.66. The van der Waals surface area contributed by atoms with Gasteiger partial charge in [-0.15, -0.1) is 11.8 Å². The molecular weight excluding hydrogens is 266 g/mol. The number of amides is 1. The summed E-state index contributed by atoms with van der Waals surface area (Å²) in [6.07, 6.45) is 0. The van der Waals surface area contributed by atoms with Crippen LogP contribution < -0.4 is 5.32 Å². The molecule has 2 nitrogen and oxygen atoms in total. The minimum atomic E-state index is -0.108. The molecule has 0 aliphatic carbocycles. The lowest BCUT2D eigenvalue weighted by molar-refractivity contribution is -0.120. The van der Waals surface area contributed by atoms with Gasteiger partial charge in [0.1, 0.15) is 0 Å². The van der Waals surface area contributed by atoms with E-state index in [2.05, 4.69) is 5.32 Å². The second-order valence-electron chi connectivity index (χ2n) is 4.71. The summed E-state index contributed by atoms with van der Waals surface area (Å²) < 4.78 is 0. The van der Waals surface area contributed by atoms with Crippen molar-refractivity contribution < 1.29 is 4.79 Å².